The monoisotopic (exact) mass is 480 g/mol. The molecule has 0 saturated carbocycles. The number of hydrogen-bond donors (Lipinski definition) is 2. The highest BCUT2D eigenvalue weighted by atomic mass is 35.5. The van der Waals surface area contributed by atoms with Gasteiger partial charge in [0.1, 0.15) is 9.90 Å². The minimum Gasteiger partial charge on any atom is -0.381 e. The van der Waals surface area contributed by atoms with Crippen LogP contribution in [0.3, 0.4) is 0 Å². The highest BCUT2D eigenvalue weighted by Crippen LogP contribution is 2.31. The number of aromatic nitrogens is 3. The van der Waals surface area contributed by atoms with Crippen molar-refractivity contribution in [1.82, 2.24) is 20.1 Å². The minimum absolute atomic E-state index is 0.0252. The average Bonchev–Trinajstić information content (AvgIpc) is 3.16. The van der Waals surface area contributed by atoms with Crippen LogP contribution in [0.4, 0.5) is 24.0 Å². The van der Waals surface area contributed by atoms with Crippen LogP contribution in [0.15, 0.2) is 17.2 Å². The third-order valence-corrected chi connectivity index (χ3v) is 5.71. The zero-order chi connectivity index (χ0) is 22.4. The second-order valence-electron chi connectivity index (χ2n) is 6.59. The largest absolute Gasteiger partial charge is 0.423 e. The maximum absolute atomic E-state index is 13.0. The SMILES string of the molecule is O=C(CCOCCNc1cn[nH]c(=O)c1C(F)(F)F)N1CCN(c2ncc(Cl)s2)CC1. The Morgan fingerprint density at radius 2 is 2.00 bits per heavy atom. The van der Waals surface area contributed by atoms with Gasteiger partial charge in [-0.15, -0.1) is 0 Å². The van der Waals surface area contributed by atoms with Crippen LogP contribution in [0.5, 0.6) is 0 Å². The first-order chi connectivity index (χ1) is 14.8. The fourth-order valence-electron chi connectivity index (χ4n) is 3.03. The molecule has 1 aliphatic heterocycles. The smallest absolute Gasteiger partial charge is 0.381 e. The summed E-state index contributed by atoms with van der Waals surface area (Å²) in [6.07, 6.45) is -2.14. The van der Waals surface area contributed by atoms with Gasteiger partial charge in [0.15, 0.2) is 5.13 Å². The zero-order valence-electron chi connectivity index (χ0n) is 16.2. The Hall–Kier alpha value is -2.38. The van der Waals surface area contributed by atoms with E-state index in [4.69, 9.17) is 16.3 Å². The first-order valence-corrected chi connectivity index (χ1v) is 10.6. The number of nitrogens with one attached hydrogen (secondary N) is 2. The van der Waals surface area contributed by atoms with Crippen molar-refractivity contribution < 1.29 is 22.7 Å². The molecule has 2 aromatic rings. The normalized spacial score (nSPS) is 14.7. The van der Waals surface area contributed by atoms with Gasteiger partial charge in [-0.3, -0.25) is 9.59 Å². The zero-order valence-corrected chi connectivity index (χ0v) is 17.8. The van der Waals surface area contributed by atoms with Crippen molar-refractivity contribution >= 4 is 39.7 Å². The molecule has 1 saturated heterocycles. The number of carbonyl (C=O) groups is 1. The Bertz CT molecular complexity index is 946. The summed E-state index contributed by atoms with van der Waals surface area (Å²) >= 11 is 7.29. The van der Waals surface area contributed by atoms with Crippen molar-refractivity contribution in [3.05, 3.63) is 32.6 Å². The second kappa shape index (κ2) is 10.3. The molecular weight excluding hydrogens is 461 g/mol. The van der Waals surface area contributed by atoms with Crippen LogP contribution >= 0.6 is 22.9 Å². The number of alkyl halides is 3. The summed E-state index contributed by atoms with van der Waals surface area (Å²) in [5.74, 6) is -0.0528. The quantitative estimate of drug-likeness (QED) is 0.557. The maximum Gasteiger partial charge on any atom is 0.423 e. The molecule has 14 heteroatoms. The van der Waals surface area contributed by atoms with Crippen LogP contribution in [0, 0.1) is 0 Å². The number of H-pyrrole nitrogens is 1. The number of rotatable bonds is 8. The number of ether oxygens (including phenoxy) is 1. The molecule has 0 aromatic carbocycles. The Kier molecular flexibility index (Phi) is 7.73. The molecule has 0 unspecified atom stereocenters. The molecule has 3 rings (SSSR count). The van der Waals surface area contributed by atoms with Crippen LogP contribution in [0.1, 0.15) is 12.0 Å². The Morgan fingerprint density at radius 1 is 1.26 bits per heavy atom. The van der Waals surface area contributed by atoms with E-state index in [0.29, 0.717) is 30.5 Å². The van der Waals surface area contributed by atoms with Gasteiger partial charge in [0.25, 0.3) is 5.56 Å². The van der Waals surface area contributed by atoms with Crippen LogP contribution in [-0.2, 0) is 15.7 Å². The lowest BCUT2D eigenvalue weighted by Gasteiger charge is -2.34. The first-order valence-electron chi connectivity index (χ1n) is 9.36. The molecule has 1 aliphatic rings. The summed E-state index contributed by atoms with van der Waals surface area (Å²) in [6, 6.07) is 0. The molecule has 0 spiro atoms. The number of carbonyl (C=O) groups excluding carboxylic acids is 1. The lowest BCUT2D eigenvalue weighted by atomic mass is 10.2. The minimum atomic E-state index is -4.80. The van der Waals surface area contributed by atoms with E-state index in [-0.39, 0.29) is 32.1 Å². The van der Waals surface area contributed by atoms with E-state index >= 15 is 0 Å². The van der Waals surface area contributed by atoms with Crippen LogP contribution in [0.2, 0.25) is 4.34 Å². The standard InChI is InChI=1S/C17H20ClF3N6O3S/c18-12-10-23-16(31-12)27-5-3-26(4-6-27)13(28)1-7-30-8-2-22-11-9-24-25-15(29)14(11)17(19,20)21/h9-10H,1-8H2,(H2,22,25,29). The average molecular weight is 481 g/mol. The second-order valence-corrected chi connectivity index (χ2v) is 8.23. The molecular formula is C17H20ClF3N6O3S. The van der Waals surface area contributed by atoms with Gasteiger partial charge < -0.3 is 19.9 Å². The Morgan fingerprint density at radius 3 is 2.65 bits per heavy atom. The third-order valence-electron chi connectivity index (χ3n) is 4.53. The molecule has 0 bridgehead atoms. The molecule has 1 amide bonds. The van der Waals surface area contributed by atoms with E-state index in [1.54, 1.807) is 16.2 Å². The van der Waals surface area contributed by atoms with E-state index in [1.807, 2.05) is 0 Å². The number of nitrogens with zero attached hydrogens (tertiary/aromatic N) is 4. The number of anilines is 2. The van der Waals surface area contributed by atoms with Gasteiger partial charge in [-0.1, -0.05) is 22.9 Å². The Balaban J connectivity index is 1.34. The van der Waals surface area contributed by atoms with Gasteiger partial charge in [0.05, 0.1) is 37.7 Å². The topological polar surface area (TPSA) is 103 Å². The van der Waals surface area contributed by atoms with Gasteiger partial charge in [0.2, 0.25) is 5.91 Å². The Labute approximate surface area is 184 Å². The number of aromatic amines is 1. The van der Waals surface area contributed by atoms with Crippen LogP contribution in [0.25, 0.3) is 0 Å². The third kappa shape index (κ3) is 6.31. The summed E-state index contributed by atoms with van der Waals surface area (Å²) in [7, 11) is 0. The maximum atomic E-state index is 13.0. The number of amides is 1. The number of thiazole rings is 1. The molecule has 9 nitrogen and oxygen atoms in total. The van der Waals surface area contributed by atoms with Crippen molar-refractivity contribution in [2.24, 2.45) is 0 Å². The van der Waals surface area contributed by atoms with Gasteiger partial charge >= 0.3 is 6.18 Å². The summed E-state index contributed by atoms with van der Waals surface area (Å²) < 4.78 is 44.8. The molecule has 0 atom stereocenters. The predicted molar refractivity (Wildman–Crippen MR) is 110 cm³/mol. The number of piperazine rings is 1. The van der Waals surface area contributed by atoms with Crippen molar-refractivity contribution in [3.8, 4) is 0 Å². The first kappa shape index (κ1) is 23.3. The van der Waals surface area contributed by atoms with Crippen molar-refractivity contribution in [2.45, 2.75) is 12.6 Å². The molecule has 0 aliphatic carbocycles. The summed E-state index contributed by atoms with van der Waals surface area (Å²) in [5.41, 5.74) is -3.07. The summed E-state index contributed by atoms with van der Waals surface area (Å²) in [4.78, 5) is 31.7. The molecule has 2 aromatic heterocycles. The fraction of sp³-hybridized carbons (Fsp3) is 0.529. The molecule has 31 heavy (non-hydrogen) atoms. The predicted octanol–water partition coefficient (Wildman–Crippen LogP) is 2.07. The highest BCUT2D eigenvalue weighted by Gasteiger charge is 2.37. The van der Waals surface area contributed by atoms with E-state index in [0.717, 1.165) is 11.3 Å². The van der Waals surface area contributed by atoms with E-state index < -0.39 is 23.0 Å². The summed E-state index contributed by atoms with van der Waals surface area (Å²) in [6.45, 7) is 2.68. The number of hydrogen-bond acceptors (Lipinski definition) is 8. The van der Waals surface area contributed by atoms with Gasteiger partial charge in [-0.2, -0.15) is 18.3 Å². The molecule has 1 fully saturated rings. The van der Waals surface area contributed by atoms with Gasteiger partial charge in [-0.25, -0.2) is 10.1 Å². The van der Waals surface area contributed by atoms with E-state index in [1.165, 1.54) is 11.3 Å². The van der Waals surface area contributed by atoms with Gasteiger partial charge in [-0.05, 0) is 0 Å². The van der Waals surface area contributed by atoms with Gasteiger partial charge in [0, 0.05) is 32.7 Å². The molecule has 0 radical (unpaired) electrons. The summed E-state index contributed by atoms with van der Waals surface area (Å²) in [5, 5.41) is 8.46. The van der Waals surface area contributed by atoms with Crippen molar-refractivity contribution in [3.63, 3.8) is 0 Å². The molecule has 2 N–H and O–H groups in total. The van der Waals surface area contributed by atoms with E-state index in [2.05, 4.69) is 20.3 Å². The molecule has 3 heterocycles. The van der Waals surface area contributed by atoms with Crippen molar-refractivity contribution in [1.29, 1.82) is 0 Å². The van der Waals surface area contributed by atoms with Crippen LogP contribution in [-0.4, -0.2) is 71.9 Å². The van der Waals surface area contributed by atoms with Crippen LogP contribution < -0.4 is 15.8 Å². The lowest BCUT2D eigenvalue weighted by Crippen LogP contribution is -2.49. The highest BCUT2D eigenvalue weighted by molar-refractivity contribution is 7.19. The lowest BCUT2D eigenvalue weighted by molar-refractivity contribution is -0.138. The van der Waals surface area contributed by atoms with E-state index in [9.17, 15) is 22.8 Å². The number of halogens is 4. The molecule has 170 valence electrons. The fourth-order valence-corrected chi connectivity index (χ4v) is 3.98. The van der Waals surface area contributed by atoms with Crippen molar-refractivity contribution in [2.75, 3.05) is 56.2 Å².